The van der Waals surface area contributed by atoms with Crippen molar-refractivity contribution in [3.63, 3.8) is 0 Å². The van der Waals surface area contributed by atoms with Gasteiger partial charge >= 0.3 is 5.97 Å². The number of hydrogen-bond acceptors (Lipinski definition) is 6. The van der Waals surface area contributed by atoms with Crippen LogP contribution in [0.3, 0.4) is 0 Å². The van der Waals surface area contributed by atoms with Gasteiger partial charge in [0.05, 0.1) is 24.3 Å². The third kappa shape index (κ3) is 4.42. The van der Waals surface area contributed by atoms with E-state index in [1.165, 1.54) is 19.2 Å². The summed E-state index contributed by atoms with van der Waals surface area (Å²) in [5.74, 6) is -0.0813. The smallest absolute Gasteiger partial charge is 0.343 e. The van der Waals surface area contributed by atoms with E-state index in [4.69, 9.17) is 9.47 Å². The molecule has 7 nitrogen and oxygen atoms in total. The lowest BCUT2D eigenvalue weighted by Gasteiger charge is -2.22. The van der Waals surface area contributed by atoms with Crippen molar-refractivity contribution in [2.75, 3.05) is 38.1 Å². The first kappa shape index (κ1) is 22.9. The molecule has 34 heavy (non-hydrogen) atoms. The Hall–Kier alpha value is -2.91. The molecule has 2 aromatic carbocycles. The minimum absolute atomic E-state index is 0.0576. The standard InChI is InChI=1S/C25H27FN2O5S/c1-32-25(29)23-21(8-7-19-20-14-17(20)15-33-24(19)23)27-34(30,31)22-9-6-18(26)13-16(22)5-4-12-28-10-2-3-11-28/h4-9,13,17,20,27H,2-3,10-12,14-15H2,1H3. The fourth-order valence-electron chi connectivity index (χ4n) is 4.83. The van der Waals surface area contributed by atoms with Gasteiger partial charge in [0.25, 0.3) is 10.0 Å². The quantitative estimate of drug-likeness (QED) is 0.595. The van der Waals surface area contributed by atoms with Crippen molar-refractivity contribution in [1.82, 2.24) is 4.90 Å². The minimum atomic E-state index is -4.15. The highest BCUT2D eigenvalue weighted by molar-refractivity contribution is 7.92. The Morgan fingerprint density at radius 3 is 2.82 bits per heavy atom. The van der Waals surface area contributed by atoms with Crippen LogP contribution in [0.2, 0.25) is 0 Å². The number of fused-ring (bicyclic) bond motifs is 3. The third-order valence-electron chi connectivity index (χ3n) is 6.71. The Kier molecular flexibility index (Phi) is 6.07. The Balaban J connectivity index is 1.47. The predicted octanol–water partition coefficient (Wildman–Crippen LogP) is 4.02. The van der Waals surface area contributed by atoms with E-state index >= 15 is 0 Å². The van der Waals surface area contributed by atoms with Gasteiger partial charge in [-0.1, -0.05) is 18.2 Å². The van der Waals surface area contributed by atoms with Gasteiger partial charge in [-0.05, 0) is 73.7 Å². The molecule has 2 aliphatic heterocycles. The maximum Gasteiger partial charge on any atom is 0.343 e. The van der Waals surface area contributed by atoms with Crippen molar-refractivity contribution in [2.45, 2.75) is 30.1 Å². The Labute approximate surface area is 198 Å². The molecule has 3 aliphatic rings. The van der Waals surface area contributed by atoms with Crippen LogP contribution < -0.4 is 9.46 Å². The van der Waals surface area contributed by atoms with Crippen LogP contribution in [0, 0.1) is 11.7 Å². The molecule has 2 atom stereocenters. The van der Waals surface area contributed by atoms with Crippen molar-refractivity contribution in [3.8, 4) is 5.75 Å². The molecule has 0 bridgehead atoms. The number of hydrogen-bond donors (Lipinski definition) is 1. The van der Waals surface area contributed by atoms with Crippen LogP contribution >= 0.6 is 0 Å². The maximum absolute atomic E-state index is 14.0. The number of rotatable bonds is 7. The highest BCUT2D eigenvalue weighted by Crippen LogP contribution is 2.55. The van der Waals surface area contributed by atoms with Crippen LogP contribution in [0.4, 0.5) is 10.1 Å². The monoisotopic (exact) mass is 486 g/mol. The van der Waals surface area contributed by atoms with Gasteiger partial charge in [-0.15, -0.1) is 0 Å². The number of methoxy groups -OCH3 is 1. The number of anilines is 1. The van der Waals surface area contributed by atoms with Gasteiger partial charge in [0, 0.05) is 12.5 Å². The van der Waals surface area contributed by atoms with Crippen molar-refractivity contribution in [3.05, 3.63) is 58.9 Å². The summed E-state index contributed by atoms with van der Waals surface area (Å²) in [7, 11) is -2.91. The van der Waals surface area contributed by atoms with Gasteiger partial charge < -0.3 is 9.47 Å². The normalized spacial score (nSPS) is 21.6. The van der Waals surface area contributed by atoms with E-state index in [1.807, 2.05) is 6.08 Å². The molecule has 0 amide bonds. The van der Waals surface area contributed by atoms with Gasteiger partial charge in [0.1, 0.15) is 17.1 Å². The molecular weight excluding hydrogens is 459 g/mol. The molecule has 2 unspecified atom stereocenters. The molecule has 2 heterocycles. The first-order valence-electron chi connectivity index (χ1n) is 11.5. The minimum Gasteiger partial charge on any atom is -0.492 e. The van der Waals surface area contributed by atoms with E-state index in [9.17, 15) is 17.6 Å². The molecule has 2 fully saturated rings. The molecule has 1 N–H and O–H groups in total. The van der Waals surface area contributed by atoms with Crippen LogP contribution in [-0.2, 0) is 14.8 Å². The lowest BCUT2D eigenvalue weighted by atomic mass is 10.0. The first-order chi connectivity index (χ1) is 16.4. The fourth-order valence-corrected chi connectivity index (χ4v) is 6.08. The van der Waals surface area contributed by atoms with E-state index in [0.29, 0.717) is 30.7 Å². The van der Waals surface area contributed by atoms with Gasteiger partial charge in [0.2, 0.25) is 0 Å². The van der Waals surface area contributed by atoms with Crippen molar-refractivity contribution >= 4 is 27.8 Å². The molecule has 2 aromatic rings. The molecule has 1 saturated heterocycles. The molecule has 1 saturated carbocycles. The number of sulfonamides is 1. The molecule has 0 aromatic heterocycles. The number of benzene rings is 2. The SMILES string of the molecule is COC(=O)c1c(NS(=O)(=O)c2ccc(F)cc2C=CCN2CCCC2)ccc2c1OCC1CC21. The zero-order valence-electron chi connectivity index (χ0n) is 18.9. The largest absolute Gasteiger partial charge is 0.492 e. The Morgan fingerprint density at radius 2 is 2.06 bits per heavy atom. The second-order valence-corrected chi connectivity index (χ2v) is 10.7. The summed E-state index contributed by atoms with van der Waals surface area (Å²) in [6.07, 6.45) is 6.75. The van der Waals surface area contributed by atoms with E-state index in [2.05, 4.69) is 9.62 Å². The topological polar surface area (TPSA) is 84.9 Å². The Bertz CT molecular complexity index is 1250. The van der Waals surface area contributed by atoms with Crippen LogP contribution in [0.5, 0.6) is 5.75 Å². The molecule has 1 aliphatic carbocycles. The van der Waals surface area contributed by atoms with E-state index < -0.39 is 21.8 Å². The average Bonchev–Trinajstić information content (AvgIpc) is 3.43. The lowest BCUT2D eigenvalue weighted by Crippen LogP contribution is -2.20. The fraction of sp³-hybridized carbons (Fsp3) is 0.400. The second kappa shape index (κ2) is 9.03. The summed E-state index contributed by atoms with van der Waals surface area (Å²) in [5, 5.41) is 0. The van der Waals surface area contributed by atoms with Crippen molar-refractivity contribution < 1.29 is 27.1 Å². The number of halogens is 1. The van der Waals surface area contributed by atoms with Crippen molar-refractivity contribution in [1.29, 1.82) is 0 Å². The average molecular weight is 487 g/mol. The molecule has 0 spiro atoms. The molecular formula is C25H27FN2O5S. The second-order valence-electron chi connectivity index (χ2n) is 9.01. The molecule has 9 heteroatoms. The third-order valence-corrected chi connectivity index (χ3v) is 8.15. The molecule has 5 rings (SSSR count). The maximum atomic E-state index is 14.0. The lowest BCUT2D eigenvalue weighted by molar-refractivity contribution is 0.0596. The Morgan fingerprint density at radius 1 is 1.26 bits per heavy atom. The van der Waals surface area contributed by atoms with Crippen molar-refractivity contribution in [2.24, 2.45) is 5.92 Å². The highest BCUT2D eigenvalue weighted by Gasteiger charge is 2.45. The van der Waals surface area contributed by atoms with Crippen LogP contribution in [0.25, 0.3) is 6.08 Å². The summed E-state index contributed by atoms with van der Waals surface area (Å²) in [5.41, 5.74) is 1.26. The summed E-state index contributed by atoms with van der Waals surface area (Å²) in [6, 6.07) is 6.90. The number of likely N-dealkylation sites (tertiary alicyclic amines) is 1. The van der Waals surface area contributed by atoms with Crippen LogP contribution in [0.15, 0.2) is 41.3 Å². The molecule has 180 valence electrons. The van der Waals surface area contributed by atoms with Crippen LogP contribution in [0.1, 0.15) is 46.7 Å². The number of esters is 1. The predicted molar refractivity (Wildman–Crippen MR) is 126 cm³/mol. The zero-order valence-corrected chi connectivity index (χ0v) is 19.7. The number of ether oxygens (including phenoxy) is 2. The van der Waals surface area contributed by atoms with Gasteiger partial charge in [0.15, 0.2) is 0 Å². The highest BCUT2D eigenvalue weighted by atomic mass is 32.2. The number of carbonyl (C=O) groups excluding carboxylic acids is 1. The summed E-state index contributed by atoms with van der Waals surface area (Å²) in [4.78, 5) is 14.8. The number of carbonyl (C=O) groups is 1. The van der Waals surface area contributed by atoms with Gasteiger partial charge in [-0.3, -0.25) is 9.62 Å². The number of nitrogens with zero attached hydrogens (tertiary/aromatic N) is 1. The van der Waals surface area contributed by atoms with E-state index in [1.54, 1.807) is 18.2 Å². The summed E-state index contributed by atoms with van der Waals surface area (Å²) < 4.78 is 54.1. The number of nitrogens with one attached hydrogen (secondary N) is 1. The van der Waals surface area contributed by atoms with Gasteiger partial charge in [-0.2, -0.15) is 0 Å². The summed E-state index contributed by atoms with van der Waals surface area (Å²) >= 11 is 0. The molecule has 0 radical (unpaired) electrons. The van der Waals surface area contributed by atoms with E-state index in [-0.39, 0.29) is 21.7 Å². The van der Waals surface area contributed by atoms with E-state index in [0.717, 1.165) is 44.0 Å². The van der Waals surface area contributed by atoms with Crippen LogP contribution in [-0.4, -0.2) is 52.6 Å². The summed E-state index contributed by atoms with van der Waals surface area (Å²) in [6.45, 7) is 3.15. The van der Waals surface area contributed by atoms with Gasteiger partial charge in [-0.25, -0.2) is 17.6 Å². The first-order valence-corrected chi connectivity index (χ1v) is 12.9. The zero-order chi connectivity index (χ0) is 23.9.